The molecule has 0 amide bonds. The number of hydrogen-bond donors (Lipinski definition) is 0. The molecule has 0 radical (unpaired) electrons. The summed E-state index contributed by atoms with van der Waals surface area (Å²) < 4.78 is 0. The average molecular weight is 232 g/mol. The lowest BCUT2D eigenvalue weighted by molar-refractivity contribution is 1.37. The van der Waals surface area contributed by atoms with Gasteiger partial charge in [0.15, 0.2) is 0 Å². The summed E-state index contributed by atoms with van der Waals surface area (Å²) in [5.41, 5.74) is 4.81. The normalized spacial score (nSPS) is 10.1. The van der Waals surface area contributed by atoms with Gasteiger partial charge in [0.05, 0.1) is 0 Å². The van der Waals surface area contributed by atoms with Gasteiger partial charge in [-0.1, -0.05) is 59.4 Å². The minimum atomic E-state index is 1.04. The van der Waals surface area contributed by atoms with E-state index in [1.54, 1.807) is 0 Å². The molecule has 0 spiro atoms. The standard InChI is InChI=1S/C18H16/c1-15-12-16(2)14-18(13-15)11-7-6-10-17-8-4-3-5-9-17/h3-5,7-9,11-14H,1-2H3. The van der Waals surface area contributed by atoms with Crippen molar-refractivity contribution in [3.05, 3.63) is 76.9 Å². The molecule has 2 aromatic rings. The lowest BCUT2D eigenvalue weighted by Gasteiger charge is -1.98. The van der Waals surface area contributed by atoms with Crippen molar-refractivity contribution >= 4 is 6.08 Å². The van der Waals surface area contributed by atoms with E-state index in [0.717, 1.165) is 5.56 Å². The molecule has 88 valence electrons. The van der Waals surface area contributed by atoms with Crippen LogP contribution in [0.25, 0.3) is 6.08 Å². The van der Waals surface area contributed by atoms with Gasteiger partial charge in [0.25, 0.3) is 0 Å². The smallest absolute Gasteiger partial charge is 0.0248 e. The fourth-order valence-electron chi connectivity index (χ4n) is 1.89. The third kappa shape index (κ3) is 3.64. The summed E-state index contributed by atoms with van der Waals surface area (Å²) in [5, 5.41) is 0. The number of benzene rings is 2. The molecular weight excluding hydrogens is 216 g/mol. The van der Waals surface area contributed by atoms with Gasteiger partial charge < -0.3 is 0 Å². The van der Waals surface area contributed by atoms with Crippen LogP contribution in [0, 0.1) is 25.7 Å². The van der Waals surface area contributed by atoms with Crippen LogP contribution in [-0.4, -0.2) is 0 Å². The molecule has 0 saturated heterocycles. The molecule has 0 heteroatoms. The summed E-state index contributed by atoms with van der Waals surface area (Å²) in [5.74, 6) is 6.17. The van der Waals surface area contributed by atoms with E-state index in [1.165, 1.54) is 16.7 Å². The number of aryl methyl sites for hydroxylation is 2. The van der Waals surface area contributed by atoms with Gasteiger partial charge in [-0.05, 0) is 43.7 Å². The minimum absolute atomic E-state index is 1.04. The van der Waals surface area contributed by atoms with E-state index in [1.807, 2.05) is 36.4 Å². The summed E-state index contributed by atoms with van der Waals surface area (Å²) in [6.45, 7) is 4.22. The first-order chi connectivity index (χ1) is 8.74. The quantitative estimate of drug-likeness (QED) is 0.640. The molecule has 2 aromatic carbocycles. The third-order valence-electron chi connectivity index (χ3n) is 2.59. The predicted molar refractivity (Wildman–Crippen MR) is 78.3 cm³/mol. The van der Waals surface area contributed by atoms with Gasteiger partial charge >= 0.3 is 0 Å². The minimum Gasteiger partial charge on any atom is -0.0696 e. The Kier molecular flexibility index (Phi) is 3.99. The van der Waals surface area contributed by atoms with E-state index in [-0.39, 0.29) is 0 Å². The zero-order chi connectivity index (χ0) is 12.8. The van der Waals surface area contributed by atoms with E-state index in [9.17, 15) is 0 Å². The molecule has 0 heterocycles. The van der Waals surface area contributed by atoms with Crippen molar-refractivity contribution in [1.29, 1.82) is 0 Å². The second-order valence-corrected chi connectivity index (χ2v) is 4.39. The fraction of sp³-hybridized carbons (Fsp3) is 0.111. The maximum Gasteiger partial charge on any atom is 0.0248 e. The second kappa shape index (κ2) is 5.89. The zero-order valence-corrected chi connectivity index (χ0v) is 10.8. The third-order valence-corrected chi connectivity index (χ3v) is 2.59. The number of rotatable bonds is 1. The lowest BCUT2D eigenvalue weighted by atomic mass is 10.1. The molecule has 0 saturated carbocycles. The van der Waals surface area contributed by atoms with E-state index >= 15 is 0 Å². The molecule has 0 nitrogen and oxygen atoms in total. The Balaban J connectivity index is 2.10. The first-order valence-electron chi connectivity index (χ1n) is 6.05. The Morgan fingerprint density at radius 3 is 2.22 bits per heavy atom. The van der Waals surface area contributed by atoms with E-state index in [2.05, 4.69) is 50.0 Å². The van der Waals surface area contributed by atoms with Crippen LogP contribution in [-0.2, 0) is 0 Å². The van der Waals surface area contributed by atoms with Gasteiger partial charge in [0, 0.05) is 5.56 Å². The molecule has 0 aliphatic carbocycles. The van der Waals surface area contributed by atoms with Crippen LogP contribution in [0.2, 0.25) is 0 Å². The topological polar surface area (TPSA) is 0 Å². The lowest BCUT2D eigenvalue weighted by Crippen LogP contribution is -1.79. The van der Waals surface area contributed by atoms with Crippen molar-refractivity contribution in [2.45, 2.75) is 13.8 Å². The van der Waals surface area contributed by atoms with Gasteiger partial charge in [-0.15, -0.1) is 0 Å². The Hall–Kier alpha value is -2.26. The summed E-state index contributed by atoms with van der Waals surface area (Å²) in [4.78, 5) is 0. The molecule has 0 aliphatic rings. The molecule has 0 atom stereocenters. The Bertz CT molecular complexity index is 587. The SMILES string of the molecule is Cc1cc(C)cc(C=CC#Cc2ccccc2)c1. The Morgan fingerprint density at radius 2 is 1.56 bits per heavy atom. The zero-order valence-electron chi connectivity index (χ0n) is 10.8. The van der Waals surface area contributed by atoms with Crippen LogP contribution in [0.5, 0.6) is 0 Å². The summed E-state index contributed by atoms with van der Waals surface area (Å²) in [7, 11) is 0. The van der Waals surface area contributed by atoms with Crippen molar-refractivity contribution in [3.63, 3.8) is 0 Å². The maximum absolute atomic E-state index is 3.11. The largest absolute Gasteiger partial charge is 0.0696 e. The highest BCUT2D eigenvalue weighted by Gasteiger charge is 1.90. The molecule has 0 aliphatic heterocycles. The highest BCUT2D eigenvalue weighted by Crippen LogP contribution is 2.10. The predicted octanol–water partition coefficient (Wildman–Crippen LogP) is 4.37. The van der Waals surface area contributed by atoms with E-state index in [0.29, 0.717) is 0 Å². The molecule has 0 bridgehead atoms. The number of hydrogen-bond acceptors (Lipinski definition) is 0. The van der Waals surface area contributed by atoms with Crippen molar-refractivity contribution in [2.24, 2.45) is 0 Å². The highest BCUT2D eigenvalue weighted by molar-refractivity contribution is 5.55. The molecule has 0 aromatic heterocycles. The van der Waals surface area contributed by atoms with Gasteiger partial charge in [-0.25, -0.2) is 0 Å². The second-order valence-electron chi connectivity index (χ2n) is 4.39. The first kappa shape index (κ1) is 12.2. The van der Waals surface area contributed by atoms with Gasteiger partial charge in [0.2, 0.25) is 0 Å². The van der Waals surface area contributed by atoms with Crippen molar-refractivity contribution in [2.75, 3.05) is 0 Å². The summed E-state index contributed by atoms with van der Waals surface area (Å²) in [6.07, 6.45) is 3.96. The van der Waals surface area contributed by atoms with Crippen molar-refractivity contribution in [1.82, 2.24) is 0 Å². The van der Waals surface area contributed by atoms with Gasteiger partial charge in [0.1, 0.15) is 0 Å². The average Bonchev–Trinajstić information content (AvgIpc) is 2.35. The molecule has 0 N–H and O–H groups in total. The first-order valence-corrected chi connectivity index (χ1v) is 6.05. The van der Waals surface area contributed by atoms with Crippen molar-refractivity contribution in [3.8, 4) is 11.8 Å². The van der Waals surface area contributed by atoms with Crippen LogP contribution in [0.15, 0.2) is 54.6 Å². The van der Waals surface area contributed by atoms with Crippen LogP contribution in [0.3, 0.4) is 0 Å². The fourth-order valence-corrected chi connectivity index (χ4v) is 1.89. The summed E-state index contributed by atoms with van der Waals surface area (Å²) >= 11 is 0. The molecule has 2 rings (SSSR count). The summed E-state index contributed by atoms with van der Waals surface area (Å²) in [6, 6.07) is 16.5. The van der Waals surface area contributed by atoms with Crippen LogP contribution < -0.4 is 0 Å². The number of allylic oxidation sites excluding steroid dienone is 1. The Labute approximate surface area is 109 Å². The Morgan fingerprint density at radius 1 is 0.889 bits per heavy atom. The van der Waals surface area contributed by atoms with Gasteiger partial charge in [-0.3, -0.25) is 0 Å². The maximum atomic E-state index is 3.11. The molecule has 0 fully saturated rings. The van der Waals surface area contributed by atoms with Crippen LogP contribution >= 0.6 is 0 Å². The van der Waals surface area contributed by atoms with Crippen molar-refractivity contribution < 1.29 is 0 Å². The van der Waals surface area contributed by atoms with E-state index in [4.69, 9.17) is 0 Å². The van der Waals surface area contributed by atoms with E-state index < -0.39 is 0 Å². The monoisotopic (exact) mass is 232 g/mol. The molecular formula is C18H16. The van der Waals surface area contributed by atoms with Crippen LogP contribution in [0.4, 0.5) is 0 Å². The molecule has 18 heavy (non-hydrogen) atoms. The van der Waals surface area contributed by atoms with Crippen LogP contribution in [0.1, 0.15) is 22.3 Å². The molecule has 0 unspecified atom stereocenters. The van der Waals surface area contributed by atoms with Gasteiger partial charge in [-0.2, -0.15) is 0 Å². The highest BCUT2D eigenvalue weighted by atomic mass is 14.0.